The quantitative estimate of drug-likeness (QED) is 0.0600. The van der Waals surface area contributed by atoms with Crippen LogP contribution in [0.15, 0.2) is 0 Å². The Kier molecular flexibility index (Phi) is 24.9. The molecule has 36 heavy (non-hydrogen) atoms. The molecule has 3 atom stereocenters. The van der Waals surface area contributed by atoms with Crippen LogP contribution in [0.4, 0.5) is 4.79 Å². The number of hydrogen-bond donors (Lipinski definition) is 0. The topological polar surface area (TPSA) is 71.1 Å². The van der Waals surface area contributed by atoms with Crippen LogP contribution in [-0.2, 0) is 22.9 Å². The van der Waals surface area contributed by atoms with Gasteiger partial charge in [-0.2, -0.15) is 11.8 Å². The lowest BCUT2D eigenvalue weighted by Gasteiger charge is -2.27. The highest BCUT2D eigenvalue weighted by Crippen LogP contribution is 2.52. The summed E-state index contributed by atoms with van der Waals surface area (Å²) in [6.45, 7) is 10.3. The van der Waals surface area contributed by atoms with Crippen LogP contribution in [0.5, 0.6) is 0 Å². The van der Waals surface area contributed by atoms with Crippen molar-refractivity contribution in [1.29, 1.82) is 0 Å². The predicted molar refractivity (Wildman–Crippen MR) is 154 cm³/mol. The molecule has 0 N–H and O–H groups in total. The summed E-state index contributed by atoms with van der Waals surface area (Å²) in [7, 11) is -4.04. The summed E-state index contributed by atoms with van der Waals surface area (Å²) < 4.78 is 34.2. The molecule has 3 unspecified atom stereocenters. The standard InChI is InChI=1S/C28H57O6PS/c1-6-10-12-14-15-16-17-18-20-22-25-36-27(23-21-19-13-11-7-2)26(5)33-35(30,32-24-8-3)34-28(29)31-9-4/h26-27H,6-25H2,1-5H3. The summed E-state index contributed by atoms with van der Waals surface area (Å²) in [6.07, 6.45) is 19.5. The van der Waals surface area contributed by atoms with Crippen LogP contribution in [0.1, 0.15) is 144 Å². The van der Waals surface area contributed by atoms with Crippen LogP contribution in [0.3, 0.4) is 0 Å². The molecular weight excluding hydrogens is 495 g/mol. The Morgan fingerprint density at radius 3 is 1.81 bits per heavy atom. The van der Waals surface area contributed by atoms with Gasteiger partial charge in [-0.15, -0.1) is 0 Å². The molecule has 0 aliphatic carbocycles. The van der Waals surface area contributed by atoms with Crippen LogP contribution >= 0.6 is 19.6 Å². The second-order valence-corrected chi connectivity index (χ2v) is 12.6. The minimum Gasteiger partial charge on any atom is -0.434 e. The monoisotopic (exact) mass is 552 g/mol. The zero-order chi connectivity index (χ0) is 26.9. The lowest BCUT2D eigenvalue weighted by Crippen LogP contribution is -2.24. The number of carbonyl (C=O) groups is 1. The highest BCUT2D eigenvalue weighted by molar-refractivity contribution is 7.99. The first-order valence-electron chi connectivity index (χ1n) is 14.8. The molecule has 8 heteroatoms. The van der Waals surface area contributed by atoms with Crippen molar-refractivity contribution in [3.63, 3.8) is 0 Å². The van der Waals surface area contributed by atoms with Crippen molar-refractivity contribution in [3.8, 4) is 0 Å². The van der Waals surface area contributed by atoms with E-state index in [0.29, 0.717) is 6.42 Å². The highest BCUT2D eigenvalue weighted by atomic mass is 32.2. The molecule has 0 aromatic carbocycles. The van der Waals surface area contributed by atoms with Crippen molar-refractivity contribution in [2.45, 2.75) is 155 Å². The number of carbonyl (C=O) groups excluding carboxylic acids is 1. The van der Waals surface area contributed by atoms with Crippen molar-refractivity contribution in [2.24, 2.45) is 0 Å². The van der Waals surface area contributed by atoms with Crippen molar-refractivity contribution in [1.82, 2.24) is 0 Å². The van der Waals surface area contributed by atoms with Gasteiger partial charge in [-0.25, -0.2) is 9.36 Å². The molecular formula is C28H57O6PS. The summed E-state index contributed by atoms with van der Waals surface area (Å²) >= 11 is 1.89. The van der Waals surface area contributed by atoms with E-state index in [1.54, 1.807) is 6.92 Å². The molecule has 6 nitrogen and oxygen atoms in total. The third-order valence-electron chi connectivity index (χ3n) is 6.14. The van der Waals surface area contributed by atoms with Crippen LogP contribution in [0.2, 0.25) is 0 Å². The number of ether oxygens (including phenoxy) is 1. The van der Waals surface area contributed by atoms with Gasteiger partial charge in [0.05, 0.1) is 19.3 Å². The van der Waals surface area contributed by atoms with E-state index in [9.17, 15) is 9.36 Å². The number of hydrogen-bond acceptors (Lipinski definition) is 7. The number of rotatable bonds is 26. The molecule has 0 bridgehead atoms. The second-order valence-electron chi connectivity index (χ2n) is 9.66. The Labute approximate surface area is 227 Å². The maximum Gasteiger partial charge on any atom is 0.534 e. The van der Waals surface area contributed by atoms with Gasteiger partial charge in [0, 0.05) is 5.25 Å². The first kappa shape index (κ1) is 35.8. The zero-order valence-electron chi connectivity index (χ0n) is 24.1. The Hall–Kier alpha value is -0.230. The van der Waals surface area contributed by atoms with E-state index in [1.807, 2.05) is 25.6 Å². The fourth-order valence-electron chi connectivity index (χ4n) is 4.02. The Morgan fingerprint density at radius 2 is 1.28 bits per heavy atom. The van der Waals surface area contributed by atoms with E-state index in [-0.39, 0.29) is 24.6 Å². The largest absolute Gasteiger partial charge is 0.534 e. The third kappa shape index (κ3) is 20.8. The fraction of sp³-hybridized carbons (Fsp3) is 0.964. The van der Waals surface area contributed by atoms with Crippen molar-refractivity contribution < 1.29 is 27.7 Å². The Balaban J connectivity index is 4.66. The molecule has 0 rings (SSSR count). The molecule has 0 saturated carbocycles. The van der Waals surface area contributed by atoms with E-state index in [2.05, 4.69) is 13.8 Å². The molecule has 0 spiro atoms. The van der Waals surface area contributed by atoms with Gasteiger partial charge in [0.1, 0.15) is 0 Å². The molecule has 0 radical (unpaired) electrons. The lowest BCUT2D eigenvalue weighted by molar-refractivity contribution is 0.0589. The third-order valence-corrected chi connectivity index (χ3v) is 9.18. The predicted octanol–water partition coefficient (Wildman–Crippen LogP) is 10.5. The smallest absolute Gasteiger partial charge is 0.434 e. The number of phosphoric ester groups is 1. The SMILES string of the molecule is CCCCCCCCCCCCSC(CCCCCCC)C(C)OP(=O)(OCCC)OC(=O)OCC. The molecule has 216 valence electrons. The van der Waals surface area contributed by atoms with Crippen LogP contribution in [0, 0.1) is 0 Å². The number of phosphoric acid groups is 1. The number of thioether (sulfide) groups is 1. The minimum atomic E-state index is -4.04. The summed E-state index contributed by atoms with van der Waals surface area (Å²) in [5.41, 5.74) is 0. The van der Waals surface area contributed by atoms with Gasteiger partial charge in [0.2, 0.25) is 0 Å². The molecule has 0 amide bonds. The minimum absolute atomic E-state index is 0.136. The van der Waals surface area contributed by atoms with Crippen LogP contribution < -0.4 is 0 Å². The van der Waals surface area contributed by atoms with Gasteiger partial charge in [0.25, 0.3) is 0 Å². The van der Waals surface area contributed by atoms with E-state index in [4.69, 9.17) is 18.3 Å². The first-order chi connectivity index (χ1) is 17.4. The van der Waals surface area contributed by atoms with E-state index in [0.717, 1.165) is 18.6 Å². The van der Waals surface area contributed by atoms with E-state index < -0.39 is 14.0 Å². The van der Waals surface area contributed by atoms with Gasteiger partial charge in [-0.1, -0.05) is 111 Å². The maximum atomic E-state index is 13.2. The average molecular weight is 553 g/mol. The Bertz CT molecular complexity index is 548. The number of unbranched alkanes of at least 4 members (excludes halogenated alkanes) is 13. The fourth-order valence-corrected chi connectivity index (χ4v) is 6.78. The maximum absolute atomic E-state index is 13.2. The molecule has 0 aliphatic heterocycles. The molecule has 0 fully saturated rings. The molecule has 0 aromatic heterocycles. The average Bonchev–Trinajstić information content (AvgIpc) is 2.84. The van der Waals surface area contributed by atoms with Gasteiger partial charge in [-0.3, -0.25) is 9.05 Å². The highest BCUT2D eigenvalue weighted by Gasteiger charge is 2.36. The second kappa shape index (κ2) is 25.1. The normalized spacial score (nSPS) is 14.8. The van der Waals surface area contributed by atoms with Gasteiger partial charge in [0.15, 0.2) is 0 Å². The Morgan fingerprint density at radius 1 is 0.750 bits per heavy atom. The molecule has 0 aliphatic rings. The summed E-state index contributed by atoms with van der Waals surface area (Å²) in [5.74, 6) is 1.06. The summed E-state index contributed by atoms with van der Waals surface area (Å²) in [6, 6.07) is 0. The van der Waals surface area contributed by atoms with Crippen LogP contribution in [0.25, 0.3) is 0 Å². The van der Waals surface area contributed by atoms with Gasteiger partial charge < -0.3 is 9.26 Å². The van der Waals surface area contributed by atoms with Crippen LogP contribution in [-0.4, -0.2) is 36.5 Å². The van der Waals surface area contributed by atoms with E-state index >= 15 is 0 Å². The lowest BCUT2D eigenvalue weighted by atomic mass is 10.1. The van der Waals surface area contributed by atoms with E-state index in [1.165, 1.54) is 89.9 Å². The molecule has 0 aromatic rings. The van der Waals surface area contributed by atoms with Crippen molar-refractivity contribution in [3.05, 3.63) is 0 Å². The zero-order valence-corrected chi connectivity index (χ0v) is 25.8. The molecule has 0 saturated heterocycles. The first-order valence-corrected chi connectivity index (χ1v) is 17.3. The van der Waals surface area contributed by atoms with Gasteiger partial charge in [-0.05, 0) is 38.9 Å². The van der Waals surface area contributed by atoms with Crippen molar-refractivity contribution in [2.75, 3.05) is 19.0 Å². The summed E-state index contributed by atoms with van der Waals surface area (Å²) in [4.78, 5) is 11.8. The van der Waals surface area contributed by atoms with Gasteiger partial charge >= 0.3 is 14.0 Å². The summed E-state index contributed by atoms with van der Waals surface area (Å²) in [5, 5.41) is 0.175. The molecule has 0 heterocycles. The van der Waals surface area contributed by atoms with Crippen molar-refractivity contribution >= 4 is 25.7 Å².